The Labute approximate surface area is 125 Å². The van der Waals surface area contributed by atoms with Gasteiger partial charge < -0.3 is 9.15 Å². The first-order valence-corrected chi connectivity index (χ1v) is 5.90. The lowest BCUT2D eigenvalue weighted by molar-refractivity contribution is -0.402. The molecule has 0 saturated carbocycles. The Morgan fingerprint density at radius 1 is 1.09 bits per heavy atom. The summed E-state index contributed by atoms with van der Waals surface area (Å²) in [6.45, 7) is -0.372. The summed E-state index contributed by atoms with van der Waals surface area (Å²) in [6, 6.07) is 4.44. The van der Waals surface area contributed by atoms with E-state index >= 15 is 0 Å². The van der Waals surface area contributed by atoms with Gasteiger partial charge in [-0.15, -0.1) is 0 Å². The maximum atomic E-state index is 12.8. The van der Waals surface area contributed by atoms with E-state index in [0.29, 0.717) is 12.1 Å². The molecule has 0 aliphatic rings. The average Bonchev–Trinajstić information content (AvgIpc) is 2.93. The molecule has 2 rings (SSSR count). The summed E-state index contributed by atoms with van der Waals surface area (Å²) in [4.78, 5) is 19.1. The van der Waals surface area contributed by atoms with Gasteiger partial charge in [0.25, 0.3) is 5.69 Å². The molecule has 1 aromatic carbocycles. The van der Waals surface area contributed by atoms with E-state index in [1.54, 1.807) is 0 Å². The zero-order valence-corrected chi connectivity index (χ0v) is 11.1. The number of nitro groups is 2. The third kappa shape index (κ3) is 3.75. The van der Waals surface area contributed by atoms with Gasteiger partial charge in [-0.1, -0.05) is 0 Å². The van der Waals surface area contributed by atoms with Gasteiger partial charge in [0.1, 0.15) is 28.6 Å². The molecule has 122 valence electrons. The number of hydrogen-bond acceptors (Lipinski definition) is 6. The highest BCUT2D eigenvalue weighted by Gasteiger charge is 2.38. The van der Waals surface area contributed by atoms with E-state index in [2.05, 4.69) is 0 Å². The Morgan fingerprint density at radius 3 is 2.30 bits per heavy atom. The van der Waals surface area contributed by atoms with Crippen molar-refractivity contribution in [3.63, 3.8) is 0 Å². The predicted molar refractivity (Wildman–Crippen MR) is 67.8 cm³/mol. The molecule has 0 bridgehead atoms. The van der Waals surface area contributed by atoms with Crippen molar-refractivity contribution in [3.05, 3.63) is 61.9 Å². The van der Waals surface area contributed by atoms with Crippen LogP contribution in [0.4, 0.5) is 24.7 Å². The van der Waals surface area contributed by atoms with Crippen LogP contribution in [0.15, 0.2) is 34.7 Å². The molecule has 0 N–H and O–H groups in total. The highest BCUT2D eigenvalue weighted by Crippen LogP contribution is 2.38. The fourth-order valence-electron chi connectivity index (χ4n) is 1.69. The summed E-state index contributed by atoms with van der Waals surface area (Å²) in [5, 5.41) is 21.0. The van der Waals surface area contributed by atoms with Gasteiger partial charge in [-0.05, 0) is 18.2 Å². The third-order valence-electron chi connectivity index (χ3n) is 2.68. The number of halogens is 3. The van der Waals surface area contributed by atoms with E-state index in [1.165, 1.54) is 6.07 Å². The summed E-state index contributed by atoms with van der Waals surface area (Å²) in [7, 11) is 0. The van der Waals surface area contributed by atoms with Crippen molar-refractivity contribution >= 4 is 11.6 Å². The van der Waals surface area contributed by atoms with Crippen LogP contribution >= 0.6 is 0 Å². The summed E-state index contributed by atoms with van der Waals surface area (Å²) >= 11 is 0. The van der Waals surface area contributed by atoms with Crippen LogP contribution in [0.3, 0.4) is 0 Å². The van der Waals surface area contributed by atoms with Crippen LogP contribution < -0.4 is 4.74 Å². The minimum Gasteiger partial charge on any atom is -0.486 e. The summed E-state index contributed by atoms with van der Waals surface area (Å²) in [5.74, 6) is -0.811. The van der Waals surface area contributed by atoms with Crippen molar-refractivity contribution < 1.29 is 32.2 Å². The number of alkyl halides is 3. The molecule has 0 unspecified atom stereocenters. The molecular formula is C12H7F3N2O6. The van der Waals surface area contributed by atoms with E-state index in [9.17, 15) is 33.4 Å². The molecule has 1 heterocycles. The first-order chi connectivity index (χ1) is 10.7. The van der Waals surface area contributed by atoms with Crippen LogP contribution in [0.2, 0.25) is 0 Å². The smallest absolute Gasteiger partial charge is 0.433 e. The first-order valence-electron chi connectivity index (χ1n) is 5.90. The van der Waals surface area contributed by atoms with Gasteiger partial charge in [-0.3, -0.25) is 20.2 Å². The zero-order chi connectivity index (χ0) is 17.2. The van der Waals surface area contributed by atoms with Crippen molar-refractivity contribution in [2.75, 3.05) is 0 Å². The molecule has 0 fully saturated rings. The molecule has 0 amide bonds. The maximum absolute atomic E-state index is 12.8. The minimum atomic E-state index is -4.93. The van der Waals surface area contributed by atoms with Crippen LogP contribution in [0.1, 0.15) is 11.3 Å². The van der Waals surface area contributed by atoms with Gasteiger partial charge in [0.05, 0.1) is 11.0 Å². The van der Waals surface area contributed by atoms with Crippen molar-refractivity contribution in [2.24, 2.45) is 0 Å². The number of nitro benzene ring substituents is 1. The van der Waals surface area contributed by atoms with E-state index in [-0.39, 0.29) is 18.1 Å². The third-order valence-corrected chi connectivity index (χ3v) is 2.68. The van der Waals surface area contributed by atoms with Crippen molar-refractivity contribution in [1.29, 1.82) is 0 Å². The number of rotatable bonds is 5. The van der Waals surface area contributed by atoms with Gasteiger partial charge in [0.2, 0.25) is 0 Å². The highest BCUT2D eigenvalue weighted by atomic mass is 19.4. The molecule has 0 aliphatic heterocycles. The Balaban J connectivity index is 2.20. The molecule has 23 heavy (non-hydrogen) atoms. The number of nitrogens with zero attached hydrogens (tertiary/aromatic N) is 2. The number of furan rings is 1. The molecule has 0 aliphatic carbocycles. The molecule has 8 nitrogen and oxygen atoms in total. The Kier molecular flexibility index (Phi) is 4.20. The van der Waals surface area contributed by atoms with Crippen LogP contribution in [-0.4, -0.2) is 9.85 Å². The fourth-order valence-corrected chi connectivity index (χ4v) is 1.69. The van der Waals surface area contributed by atoms with E-state index < -0.39 is 33.2 Å². The van der Waals surface area contributed by atoms with Gasteiger partial charge in [0.15, 0.2) is 0 Å². The second kappa shape index (κ2) is 5.94. The monoisotopic (exact) mass is 332 g/mol. The summed E-state index contributed by atoms with van der Waals surface area (Å²) in [5.41, 5.74) is -2.55. The Morgan fingerprint density at radius 2 is 1.78 bits per heavy atom. The quantitative estimate of drug-likeness (QED) is 0.610. The number of benzene rings is 1. The maximum Gasteiger partial charge on any atom is 0.433 e. The standard InChI is InChI=1S/C12H7F3N2O6/c13-12(14,15)9-5-7(1-3-10(9)16(18)19)22-6-8-2-4-11(23-8)17(20)21/h1-5H,6H2. The van der Waals surface area contributed by atoms with Gasteiger partial charge in [0, 0.05) is 6.07 Å². The van der Waals surface area contributed by atoms with Crippen LogP contribution in [0.25, 0.3) is 0 Å². The highest BCUT2D eigenvalue weighted by molar-refractivity contribution is 5.47. The van der Waals surface area contributed by atoms with Crippen molar-refractivity contribution in [2.45, 2.75) is 12.8 Å². The van der Waals surface area contributed by atoms with E-state index in [4.69, 9.17) is 9.15 Å². The second-order valence-corrected chi connectivity index (χ2v) is 4.22. The molecule has 0 saturated heterocycles. The molecule has 2 aromatic rings. The topological polar surface area (TPSA) is 109 Å². The summed E-state index contributed by atoms with van der Waals surface area (Å²) in [6.07, 6.45) is -4.93. The summed E-state index contributed by atoms with van der Waals surface area (Å²) < 4.78 is 48.2. The van der Waals surface area contributed by atoms with Crippen LogP contribution in [0.5, 0.6) is 5.75 Å². The zero-order valence-electron chi connectivity index (χ0n) is 11.1. The lowest BCUT2D eigenvalue weighted by atomic mass is 10.1. The molecule has 0 atom stereocenters. The Bertz CT molecular complexity index is 755. The second-order valence-electron chi connectivity index (χ2n) is 4.22. The SMILES string of the molecule is O=[N+]([O-])c1ccc(COc2ccc([N+](=O)[O-])c(C(F)(F)F)c2)o1. The molecule has 0 spiro atoms. The predicted octanol–water partition coefficient (Wildman–Crippen LogP) is 3.69. The van der Waals surface area contributed by atoms with Crippen molar-refractivity contribution in [1.82, 2.24) is 0 Å². The van der Waals surface area contributed by atoms with Gasteiger partial charge >= 0.3 is 12.1 Å². The Hall–Kier alpha value is -3.11. The van der Waals surface area contributed by atoms with Gasteiger partial charge in [-0.2, -0.15) is 13.2 Å². The molecular weight excluding hydrogens is 325 g/mol. The average molecular weight is 332 g/mol. The van der Waals surface area contributed by atoms with Crippen LogP contribution in [-0.2, 0) is 12.8 Å². The molecule has 11 heteroatoms. The number of hydrogen-bond donors (Lipinski definition) is 0. The fraction of sp³-hybridized carbons (Fsp3) is 0.167. The van der Waals surface area contributed by atoms with E-state index in [1.807, 2.05) is 0 Å². The molecule has 0 radical (unpaired) electrons. The van der Waals surface area contributed by atoms with Crippen molar-refractivity contribution in [3.8, 4) is 5.75 Å². The largest absolute Gasteiger partial charge is 0.486 e. The normalized spacial score (nSPS) is 11.3. The lowest BCUT2D eigenvalue weighted by Crippen LogP contribution is -2.09. The minimum absolute atomic E-state index is 0.0172. The van der Waals surface area contributed by atoms with Gasteiger partial charge in [-0.25, -0.2) is 0 Å². The first kappa shape index (κ1) is 16.3. The lowest BCUT2D eigenvalue weighted by Gasteiger charge is -2.10. The molecule has 1 aromatic heterocycles. The number of ether oxygens (including phenoxy) is 1. The van der Waals surface area contributed by atoms with E-state index in [0.717, 1.165) is 12.1 Å². The van der Waals surface area contributed by atoms with Crippen LogP contribution in [0, 0.1) is 20.2 Å².